The van der Waals surface area contributed by atoms with Crippen molar-refractivity contribution < 1.29 is 9.53 Å². The van der Waals surface area contributed by atoms with Gasteiger partial charge >= 0.3 is 0 Å². The van der Waals surface area contributed by atoms with Crippen LogP contribution in [0.1, 0.15) is 42.1 Å². The van der Waals surface area contributed by atoms with Gasteiger partial charge in [0.2, 0.25) is 0 Å². The molecule has 0 aliphatic carbocycles. The average molecular weight is 435 g/mol. The predicted molar refractivity (Wildman–Crippen MR) is 114 cm³/mol. The minimum atomic E-state index is -0.261. The fourth-order valence-corrected chi connectivity index (χ4v) is 3.09. The number of nitrogens with one attached hydrogen (secondary N) is 2. The lowest BCUT2D eigenvalue weighted by Gasteiger charge is -2.12. The Morgan fingerprint density at radius 3 is 2.54 bits per heavy atom. The van der Waals surface area contributed by atoms with E-state index in [4.69, 9.17) is 17.0 Å². The molecule has 2 rings (SSSR count). The summed E-state index contributed by atoms with van der Waals surface area (Å²) in [5.41, 5.74) is 2.46. The van der Waals surface area contributed by atoms with Gasteiger partial charge in [-0.15, -0.1) is 0 Å². The average Bonchev–Trinajstić information content (AvgIpc) is 2.61. The van der Waals surface area contributed by atoms with E-state index in [1.165, 1.54) is 0 Å². The molecular formula is C20H23BrN2O2S. The maximum atomic E-state index is 12.3. The molecule has 0 atom stereocenters. The van der Waals surface area contributed by atoms with Crippen molar-refractivity contribution in [3.05, 3.63) is 58.1 Å². The molecule has 0 saturated heterocycles. The summed E-state index contributed by atoms with van der Waals surface area (Å²) < 4.78 is 6.54. The number of halogens is 1. The van der Waals surface area contributed by atoms with Crippen LogP contribution in [0.25, 0.3) is 0 Å². The zero-order chi connectivity index (χ0) is 18.9. The van der Waals surface area contributed by atoms with Crippen molar-refractivity contribution in [3.63, 3.8) is 0 Å². The fraction of sp³-hybridized carbons (Fsp3) is 0.300. The van der Waals surface area contributed by atoms with Crippen LogP contribution < -0.4 is 15.4 Å². The Morgan fingerprint density at radius 1 is 1.15 bits per heavy atom. The van der Waals surface area contributed by atoms with Gasteiger partial charge in [0.25, 0.3) is 5.91 Å². The van der Waals surface area contributed by atoms with E-state index in [2.05, 4.69) is 33.5 Å². The minimum absolute atomic E-state index is 0.249. The van der Waals surface area contributed by atoms with E-state index in [0.717, 1.165) is 40.7 Å². The van der Waals surface area contributed by atoms with E-state index < -0.39 is 0 Å². The zero-order valence-electron chi connectivity index (χ0n) is 15.0. The molecule has 0 aliphatic heterocycles. The van der Waals surface area contributed by atoms with Crippen molar-refractivity contribution in [2.45, 2.75) is 33.1 Å². The zero-order valence-corrected chi connectivity index (χ0v) is 17.4. The molecule has 0 unspecified atom stereocenters. The van der Waals surface area contributed by atoms with E-state index >= 15 is 0 Å². The number of amides is 1. The first-order chi connectivity index (χ1) is 12.5. The lowest BCUT2D eigenvalue weighted by Crippen LogP contribution is -2.34. The van der Waals surface area contributed by atoms with Gasteiger partial charge in [0.05, 0.1) is 12.3 Å². The Bertz CT molecular complexity index is 763. The highest BCUT2D eigenvalue weighted by atomic mass is 79.9. The SMILES string of the molecule is CCCCCOc1ccc(C(=O)NC(=S)Nc2ccc(C)cc2Br)cc1. The number of rotatable bonds is 7. The molecule has 0 fully saturated rings. The second-order valence-corrected chi connectivity index (χ2v) is 7.23. The summed E-state index contributed by atoms with van der Waals surface area (Å²) in [6, 6.07) is 12.9. The van der Waals surface area contributed by atoms with Gasteiger partial charge in [-0.25, -0.2) is 0 Å². The molecule has 0 aromatic heterocycles. The van der Waals surface area contributed by atoms with Crippen LogP contribution in [0.2, 0.25) is 0 Å². The van der Waals surface area contributed by atoms with Gasteiger partial charge in [0.1, 0.15) is 5.75 Å². The Kier molecular flexibility index (Phi) is 8.06. The number of carbonyl (C=O) groups excluding carboxylic acids is 1. The number of ether oxygens (including phenoxy) is 1. The first-order valence-corrected chi connectivity index (χ1v) is 9.81. The number of thiocarbonyl (C=S) groups is 1. The van der Waals surface area contributed by atoms with Crippen LogP contribution in [0, 0.1) is 6.92 Å². The quantitative estimate of drug-likeness (QED) is 0.448. The molecule has 0 heterocycles. The number of hydrogen-bond donors (Lipinski definition) is 2. The van der Waals surface area contributed by atoms with E-state index in [1.54, 1.807) is 24.3 Å². The molecule has 2 N–H and O–H groups in total. The first kappa shape index (κ1) is 20.4. The monoisotopic (exact) mass is 434 g/mol. The van der Waals surface area contributed by atoms with Crippen molar-refractivity contribution >= 4 is 44.9 Å². The molecule has 1 amide bonds. The number of hydrogen-bond acceptors (Lipinski definition) is 3. The van der Waals surface area contributed by atoms with Gasteiger partial charge < -0.3 is 10.1 Å². The number of aryl methyl sites for hydroxylation is 1. The van der Waals surface area contributed by atoms with Gasteiger partial charge in [0, 0.05) is 10.0 Å². The third-order valence-electron chi connectivity index (χ3n) is 3.73. The fourth-order valence-electron chi connectivity index (χ4n) is 2.29. The van der Waals surface area contributed by atoms with Crippen molar-refractivity contribution in [2.24, 2.45) is 0 Å². The second-order valence-electron chi connectivity index (χ2n) is 5.97. The molecule has 2 aromatic carbocycles. The maximum Gasteiger partial charge on any atom is 0.257 e. The van der Waals surface area contributed by atoms with Gasteiger partial charge in [-0.3, -0.25) is 10.1 Å². The van der Waals surface area contributed by atoms with Crippen LogP contribution in [0.5, 0.6) is 5.75 Å². The number of carbonyl (C=O) groups is 1. The molecule has 138 valence electrons. The molecule has 0 bridgehead atoms. The topological polar surface area (TPSA) is 50.4 Å². The van der Waals surface area contributed by atoms with Gasteiger partial charge in [0.15, 0.2) is 5.11 Å². The first-order valence-electron chi connectivity index (χ1n) is 8.61. The van der Waals surface area contributed by atoms with Crippen LogP contribution in [-0.4, -0.2) is 17.6 Å². The van der Waals surface area contributed by atoms with Crippen LogP contribution >= 0.6 is 28.1 Å². The molecule has 4 nitrogen and oxygen atoms in total. The summed E-state index contributed by atoms with van der Waals surface area (Å²) in [6.07, 6.45) is 3.35. The van der Waals surface area contributed by atoms with E-state index in [1.807, 2.05) is 25.1 Å². The number of anilines is 1. The summed E-state index contributed by atoms with van der Waals surface area (Å²) in [5, 5.41) is 5.95. The van der Waals surface area contributed by atoms with Crippen molar-refractivity contribution in [1.82, 2.24) is 5.32 Å². The largest absolute Gasteiger partial charge is 0.494 e. The molecule has 6 heteroatoms. The van der Waals surface area contributed by atoms with Crippen molar-refractivity contribution in [3.8, 4) is 5.75 Å². The Morgan fingerprint density at radius 2 is 1.88 bits per heavy atom. The van der Waals surface area contributed by atoms with E-state index in [-0.39, 0.29) is 11.0 Å². The molecular weight excluding hydrogens is 412 g/mol. The smallest absolute Gasteiger partial charge is 0.257 e. The Hall–Kier alpha value is -1.92. The maximum absolute atomic E-state index is 12.3. The summed E-state index contributed by atoms with van der Waals surface area (Å²) in [7, 11) is 0. The van der Waals surface area contributed by atoms with Crippen molar-refractivity contribution in [2.75, 3.05) is 11.9 Å². The van der Waals surface area contributed by atoms with Crippen LogP contribution in [0.4, 0.5) is 5.69 Å². The summed E-state index contributed by atoms with van der Waals surface area (Å²) in [5.74, 6) is 0.505. The Labute approximate surface area is 168 Å². The normalized spacial score (nSPS) is 10.3. The summed E-state index contributed by atoms with van der Waals surface area (Å²) >= 11 is 8.70. The van der Waals surface area contributed by atoms with Crippen LogP contribution in [-0.2, 0) is 0 Å². The highest BCUT2D eigenvalue weighted by molar-refractivity contribution is 9.10. The molecule has 0 saturated carbocycles. The standard InChI is InChI=1S/C20H23BrN2O2S/c1-3-4-5-12-25-16-9-7-15(8-10-16)19(24)23-20(26)22-18-11-6-14(2)13-17(18)21/h6-11,13H,3-5,12H2,1-2H3,(H2,22,23,24,26). The highest BCUT2D eigenvalue weighted by Crippen LogP contribution is 2.23. The number of benzene rings is 2. The van der Waals surface area contributed by atoms with Crippen molar-refractivity contribution in [1.29, 1.82) is 0 Å². The molecule has 0 aliphatic rings. The molecule has 2 aromatic rings. The third-order valence-corrected chi connectivity index (χ3v) is 4.59. The summed E-state index contributed by atoms with van der Waals surface area (Å²) in [6.45, 7) is 4.86. The molecule has 0 radical (unpaired) electrons. The van der Waals surface area contributed by atoms with Crippen LogP contribution in [0.3, 0.4) is 0 Å². The highest BCUT2D eigenvalue weighted by Gasteiger charge is 2.09. The van der Waals surface area contributed by atoms with Gasteiger partial charge in [-0.2, -0.15) is 0 Å². The lowest BCUT2D eigenvalue weighted by atomic mass is 10.2. The Balaban J connectivity index is 1.87. The lowest BCUT2D eigenvalue weighted by molar-refractivity contribution is 0.0977. The summed E-state index contributed by atoms with van der Waals surface area (Å²) in [4.78, 5) is 12.3. The van der Waals surface area contributed by atoms with Gasteiger partial charge in [-0.05, 0) is 83.5 Å². The third kappa shape index (κ3) is 6.42. The minimum Gasteiger partial charge on any atom is -0.494 e. The second kappa shape index (κ2) is 10.3. The van der Waals surface area contributed by atoms with E-state index in [9.17, 15) is 4.79 Å². The van der Waals surface area contributed by atoms with Crippen LogP contribution in [0.15, 0.2) is 46.9 Å². The predicted octanol–water partition coefficient (Wildman–Crippen LogP) is 5.45. The van der Waals surface area contributed by atoms with E-state index in [0.29, 0.717) is 12.2 Å². The van der Waals surface area contributed by atoms with Gasteiger partial charge in [-0.1, -0.05) is 25.8 Å². The molecule has 26 heavy (non-hydrogen) atoms. The molecule has 0 spiro atoms. The number of unbranched alkanes of at least 4 members (excludes halogenated alkanes) is 2.